The zero-order valence-corrected chi connectivity index (χ0v) is 25.0. The predicted octanol–water partition coefficient (Wildman–Crippen LogP) is 5.82. The molecule has 8 nitrogen and oxygen atoms in total. The van der Waals surface area contributed by atoms with Gasteiger partial charge in [0.05, 0.1) is 23.6 Å². The summed E-state index contributed by atoms with van der Waals surface area (Å²) in [6.45, 7) is 5.48. The molecule has 0 radical (unpaired) electrons. The second-order valence-corrected chi connectivity index (χ2v) is 11.6. The fraction of sp³-hybridized carbons (Fsp3) is 0.235. The third-order valence-electron chi connectivity index (χ3n) is 7.83. The molecule has 43 heavy (non-hydrogen) atoms. The fourth-order valence-electron chi connectivity index (χ4n) is 5.62. The summed E-state index contributed by atoms with van der Waals surface area (Å²) in [5.74, 6) is 1.07. The van der Waals surface area contributed by atoms with Crippen LogP contribution in [0.2, 0.25) is 0 Å². The Morgan fingerprint density at radius 1 is 0.884 bits per heavy atom. The standard InChI is InChI=1S/C34H33N5O3S/c1-24-12-9-10-17-28(24)39-32(29-18-11-21-42-29)35-36-34(39)43-23-30(40)37-19-20-38(25(2)22-37)33(41)31(26-13-5-3-6-14-26)27-15-7-4-8-16-27/h3-18,21,25,31H,19-20,22-23H2,1-2H3. The van der Waals surface area contributed by atoms with Gasteiger partial charge in [-0.2, -0.15) is 0 Å². The molecule has 9 heteroatoms. The Hall–Kier alpha value is -4.63. The number of piperazine rings is 1. The first kappa shape index (κ1) is 28.5. The van der Waals surface area contributed by atoms with Crippen LogP contribution in [-0.2, 0) is 9.59 Å². The second kappa shape index (κ2) is 12.7. The molecule has 1 unspecified atom stereocenters. The lowest BCUT2D eigenvalue weighted by Crippen LogP contribution is -2.56. The summed E-state index contributed by atoms with van der Waals surface area (Å²) in [5, 5.41) is 9.45. The van der Waals surface area contributed by atoms with Crippen LogP contribution in [0.25, 0.3) is 17.3 Å². The molecule has 1 fully saturated rings. The van der Waals surface area contributed by atoms with Crippen molar-refractivity contribution in [3.05, 3.63) is 120 Å². The van der Waals surface area contributed by atoms with Crippen LogP contribution < -0.4 is 0 Å². The van der Waals surface area contributed by atoms with Gasteiger partial charge in [0.2, 0.25) is 17.6 Å². The van der Waals surface area contributed by atoms with Crippen molar-refractivity contribution < 1.29 is 14.0 Å². The van der Waals surface area contributed by atoms with Gasteiger partial charge in [-0.25, -0.2) is 0 Å². The van der Waals surface area contributed by atoms with Gasteiger partial charge in [0.25, 0.3) is 0 Å². The highest BCUT2D eigenvalue weighted by molar-refractivity contribution is 7.99. The molecule has 0 spiro atoms. The molecule has 218 valence electrons. The quantitative estimate of drug-likeness (QED) is 0.212. The number of nitrogens with zero attached hydrogens (tertiary/aromatic N) is 5. The Balaban J connectivity index is 1.15. The van der Waals surface area contributed by atoms with Gasteiger partial charge < -0.3 is 14.2 Å². The molecule has 0 aliphatic carbocycles. The van der Waals surface area contributed by atoms with Gasteiger partial charge in [-0.3, -0.25) is 14.2 Å². The number of rotatable bonds is 8. The van der Waals surface area contributed by atoms with Gasteiger partial charge in [-0.05, 0) is 48.7 Å². The topological polar surface area (TPSA) is 84.5 Å². The average molecular weight is 592 g/mol. The van der Waals surface area contributed by atoms with E-state index in [9.17, 15) is 9.59 Å². The lowest BCUT2D eigenvalue weighted by atomic mass is 9.89. The van der Waals surface area contributed by atoms with Crippen molar-refractivity contribution in [3.63, 3.8) is 0 Å². The van der Waals surface area contributed by atoms with Crippen molar-refractivity contribution in [2.75, 3.05) is 25.4 Å². The van der Waals surface area contributed by atoms with Crippen LogP contribution in [0.1, 0.15) is 29.5 Å². The normalized spacial score (nSPS) is 15.2. The lowest BCUT2D eigenvalue weighted by Gasteiger charge is -2.41. The number of aryl methyl sites for hydroxylation is 1. The Bertz CT molecular complexity index is 1650. The maximum atomic E-state index is 14.0. The minimum Gasteiger partial charge on any atom is -0.461 e. The number of carbonyl (C=O) groups is 2. The molecule has 2 aromatic heterocycles. The molecule has 0 bridgehead atoms. The number of para-hydroxylation sites is 1. The van der Waals surface area contributed by atoms with Crippen LogP contribution in [0, 0.1) is 6.92 Å². The van der Waals surface area contributed by atoms with Crippen molar-refractivity contribution in [1.82, 2.24) is 24.6 Å². The van der Waals surface area contributed by atoms with Crippen LogP contribution in [0.3, 0.4) is 0 Å². The monoisotopic (exact) mass is 591 g/mol. The minimum atomic E-state index is -0.390. The van der Waals surface area contributed by atoms with Crippen LogP contribution in [0.15, 0.2) is 113 Å². The van der Waals surface area contributed by atoms with E-state index in [-0.39, 0.29) is 29.5 Å². The first-order valence-electron chi connectivity index (χ1n) is 14.4. The molecule has 0 N–H and O–H groups in total. The average Bonchev–Trinajstić information content (AvgIpc) is 3.72. The Kier molecular flexibility index (Phi) is 8.42. The summed E-state index contributed by atoms with van der Waals surface area (Å²) in [7, 11) is 0. The molecule has 1 aliphatic heterocycles. The van der Waals surface area contributed by atoms with Crippen LogP contribution >= 0.6 is 11.8 Å². The van der Waals surface area contributed by atoms with E-state index in [2.05, 4.69) is 10.2 Å². The second-order valence-electron chi connectivity index (χ2n) is 10.7. The maximum absolute atomic E-state index is 14.0. The van der Waals surface area contributed by atoms with Crippen molar-refractivity contribution in [3.8, 4) is 17.3 Å². The first-order valence-corrected chi connectivity index (χ1v) is 15.4. The van der Waals surface area contributed by atoms with Gasteiger partial charge in [-0.1, -0.05) is 90.6 Å². The summed E-state index contributed by atoms with van der Waals surface area (Å²) in [6.07, 6.45) is 1.61. The van der Waals surface area contributed by atoms with E-state index in [0.29, 0.717) is 36.4 Å². The summed E-state index contributed by atoms with van der Waals surface area (Å²) < 4.78 is 7.57. The maximum Gasteiger partial charge on any atom is 0.234 e. The smallest absolute Gasteiger partial charge is 0.234 e. The Morgan fingerprint density at radius 2 is 1.56 bits per heavy atom. The molecule has 1 atom stereocenters. The molecule has 5 aromatic rings. The van der Waals surface area contributed by atoms with E-state index in [4.69, 9.17) is 4.42 Å². The molecule has 2 amide bonds. The van der Waals surface area contributed by atoms with Crippen molar-refractivity contribution in [2.45, 2.75) is 31.0 Å². The van der Waals surface area contributed by atoms with Crippen LogP contribution in [0.5, 0.6) is 0 Å². The van der Waals surface area contributed by atoms with E-state index in [1.54, 1.807) is 6.26 Å². The van der Waals surface area contributed by atoms with E-state index in [1.807, 2.05) is 125 Å². The zero-order valence-electron chi connectivity index (χ0n) is 24.2. The molecule has 1 saturated heterocycles. The molecule has 3 aromatic carbocycles. The highest BCUT2D eigenvalue weighted by Gasteiger charge is 2.35. The largest absolute Gasteiger partial charge is 0.461 e. The SMILES string of the molecule is Cc1ccccc1-n1c(SCC(=O)N2CCN(C(=O)C(c3ccccc3)c3ccccc3)C(C)C2)nnc1-c1ccco1. The van der Waals surface area contributed by atoms with Crippen molar-refractivity contribution in [1.29, 1.82) is 0 Å². The van der Waals surface area contributed by atoms with Gasteiger partial charge in [0, 0.05) is 25.7 Å². The Labute approximate surface area is 255 Å². The molecule has 6 rings (SSSR count). The van der Waals surface area contributed by atoms with Gasteiger partial charge in [-0.15, -0.1) is 10.2 Å². The third kappa shape index (κ3) is 5.99. The summed E-state index contributed by atoms with van der Waals surface area (Å²) in [5.41, 5.74) is 3.92. The summed E-state index contributed by atoms with van der Waals surface area (Å²) >= 11 is 1.35. The number of carbonyl (C=O) groups excluding carboxylic acids is 2. The summed E-state index contributed by atoms with van der Waals surface area (Å²) in [6, 6.07) is 31.3. The first-order chi connectivity index (χ1) is 21.0. The highest BCUT2D eigenvalue weighted by atomic mass is 32.2. The number of furan rings is 1. The van der Waals surface area contributed by atoms with Crippen molar-refractivity contribution >= 4 is 23.6 Å². The zero-order chi connectivity index (χ0) is 29.8. The predicted molar refractivity (Wildman–Crippen MR) is 167 cm³/mol. The summed E-state index contributed by atoms with van der Waals surface area (Å²) in [4.78, 5) is 31.2. The number of amides is 2. The Morgan fingerprint density at radius 3 is 2.19 bits per heavy atom. The molecule has 3 heterocycles. The lowest BCUT2D eigenvalue weighted by molar-refractivity contribution is -0.141. The fourth-order valence-corrected chi connectivity index (χ4v) is 6.47. The molecule has 0 saturated carbocycles. The number of benzene rings is 3. The third-order valence-corrected chi connectivity index (χ3v) is 8.75. The number of hydrogen-bond acceptors (Lipinski definition) is 6. The minimum absolute atomic E-state index is 0.00509. The van der Waals surface area contributed by atoms with Crippen molar-refractivity contribution in [2.24, 2.45) is 0 Å². The van der Waals surface area contributed by atoms with Gasteiger partial charge in [0.1, 0.15) is 0 Å². The van der Waals surface area contributed by atoms with Gasteiger partial charge >= 0.3 is 0 Å². The molecule has 1 aliphatic rings. The highest BCUT2D eigenvalue weighted by Crippen LogP contribution is 2.31. The number of aromatic nitrogens is 3. The number of hydrogen-bond donors (Lipinski definition) is 0. The molecular weight excluding hydrogens is 558 g/mol. The number of thioether (sulfide) groups is 1. The van der Waals surface area contributed by atoms with Crippen LogP contribution in [-0.4, -0.2) is 67.8 Å². The molecular formula is C34H33N5O3S. The van der Waals surface area contributed by atoms with E-state index in [0.717, 1.165) is 22.4 Å². The van der Waals surface area contributed by atoms with E-state index >= 15 is 0 Å². The van der Waals surface area contributed by atoms with E-state index in [1.165, 1.54) is 11.8 Å². The van der Waals surface area contributed by atoms with Gasteiger partial charge in [0.15, 0.2) is 10.9 Å². The van der Waals surface area contributed by atoms with E-state index < -0.39 is 0 Å². The van der Waals surface area contributed by atoms with Crippen LogP contribution in [0.4, 0.5) is 0 Å².